The Morgan fingerprint density at radius 3 is 1.89 bits per heavy atom. The number of para-hydroxylation sites is 4. The van der Waals surface area contributed by atoms with E-state index in [0.29, 0.717) is 34.6 Å². The molecule has 0 atom stereocenters. The summed E-state index contributed by atoms with van der Waals surface area (Å²) in [6, 6.07) is 36.3. The van der Waals surface area contributed by atoms with Gasteiger partial charge < -0.3 is 33.9 Å². The maximum Gasteiger partial charge on any atom is 0.227 e. The van der Waals surface area contributed by atoms with Gasteiger partial charge in [-0.25, -0.2) is 15.0 Å². The molecule has 0 amide bonds. The molecule has 0 spiro atoms. The molecule has 0 aliphatic carbocycles. The minimum atomic E-state index is 0.336. The van der Waals surface area contributed by atoms with Gasteiger partial charge in [-0.2, -0.15) is 0 Å². The third-order valence-electron chi connectivity index (χ3n) is 10.0. The Balaban J connectivity index is 0.000000149. The monoisotopic (exact) mass is 738 g/mol. The number of halogens is 1. The number of hydrogen-bond acceptors (Lipinski definition) is 9. The third kappa shape index (κ3) is 7.03. The van der Waals surface area contributed by atoms with Crippen LogP contribution in [0.15, 0.2) is 118 Å². The summed E-state index contributed by atoms with van der Waals surface area (Å²) < 4.78 is 25.1. The van der Waals surface area contributed by atoms with Crippen molar-refractivity contribution in [3.8, 4) is 34.3 Å². The molecule has 272 valence electrons. The van der Waals surface area contributed by atoms with Gasteiger partial charge >= 0.3 is 0 Å². The van der Waals surface area contributed by atoms with E-state index in [-0.39, 0.29) is 0 Å². The number of nitrogen functional groups attached to an aromatic ring is 1. The molecule has 5 heterocycles. The van der Waals surface area contributed by atoms with Gasteiger partial charge in [0.25, 0.3) is 0 Å². The molecule has 8 aromatic rings. The lowest BCUT2D eigenvalue weighted by Gasteiger charge is -2.26. The Morgan fingerprint density at radius 1 is 0.611 bits per heavy atom. The van der Waals surface area contributed by atoms with Crippen LogP contribution in [-0.4, -0.2) is 52.0 Å². The number of imidazole rings is 1. The molecule has 5 aromatic carbocycles. The summed E-state index contributed by atoms with van der Waals surface area (Å²) >= 11 is 6.30. The molecule has 0 unspecified atom stereocenters. The molecule has 54 heavy (non-hydrogen) atoms. The van der Waals surface area contributed by atoms with Crippen molar-refractivity contribution in [3.63, 3.8) is 0 Å². The van der Waals surface area contributed by atoms with Gasteiger partial charge in [0.2, 0.25) is 11.8 Å². The van der Waals surface area contributed by atoms with Gasteiger partial charge in [-0.05, 0) is 98.5 Å². The summed E-state index contributed by atoms with van der Waals surface area (Å²) in [5.74, 6) is 2.13. The highest BCUT2D eigenvalue weighted by Crippen LogP contribution is 2.36. The maximum absolute atomic E-state index is 6.30. The molecule has 2 saturated heterocycles. The highest BCUT2D eigenvalue weighted by Gasteiger charge is 2.24. The Morgan fingerprint density at radius 2 is 1.24 bits per heavy atom. The van der Waals surface area contributed by atoms with Gasteiger partial charge in [-0.15, -0.1) is 0 Å². The molecule has 11 heteroatoms. The molecular weight excluding hydrogens is 700 g/mol. The molecule has 0 saturated carbocycles. The minimum Gasteiger partial charge on any atom is -0.436 e. The van der Waals surface area contributed by atoms with E-state index >= 15 is 0 Å². The number of nitrogens with one attached hydrogen (secondary N) is 1. The number of nitrogens with zero attached hydrogens (tertiary/aromatic N) is 4. The minimum absolute atomic E-state index is 0.336. The van der Waals surface area contributed by atoms with Crippen LogP contribution in [0.2, 0.25) is 5.02 Å². The molecule has 10 nitrogen and oxygen atoms in total. The largest absolute Gasteiger partial charge is 0.436 e. The Bertz CT molecular complexity index is 2500. The predicted molar refractivity (Wildman–Crippen MR) is 214 cm³/mol. The fraction of sp³-hybridized carbons (Fsp3) is 0.233. The van der Waals surface area contributed by atoms with E-state index in [1.807, 2.05) is 84.9 Å². The van der Waals surface area contributed by atoms with Crippen LogP contribution in [0.25, 0.3) is 67.5 Å². The van der Waals surface area contributed by atoms with Gasteiger partial charge in [-0.1, -0.05) is 48.0 Å². The van der Waals surface area contributed by atoms with Crippen molar-refractivity contribution in [3.05, 3.63) is 114 Å². The van der Waals surface area contributed by atoms with Crippen molar-refractivity contribution >= 4 is 56.2 Å². The second-order valence-electron chi connectivity index (χ2n) is 13.7. The third-order valence-corrected chi connectivity index (χ3v) is 10.3. The first-order valence-corrected chi connectivity index (χ1v) is 18.7. The van der Waals surface area contributed by atoms with Gasteiger partial charge in [0.1, 0.15) is 16.9 Å². The first kappa shape index (κ1) is 34.1. The zero-order valence-electron chi connectivity index (χ0n) is 29.6. The van der Waals surface area contributed by atoms with Crippen molar-refractivity contribution in [1.82, 2.24) is 19.5 Å². The van der Waals surface area contributed by atoms with Gasteiger partial charge in [0.05, 0.1) is 22.4 Å². The second kappa shape index (κ2) is 15.0. The Hall–Kier alpha value is -5.68. The van der Waals surface area contributed by atoms with Crippen LogP contribution in [0.1, 0.15) is 31.7 Å². The van der Waals surface area contributed by atoms with E-state index in [2.05, 4.69) is 44.1 Å². The van der Waals surface area contributed by atoms with Crippen LogP contribution >= 0.6 is 11.6 Å². The predicted octanol–water partition coefficient (Wildman–Crippen LogP) is 10.2. The Labute approximate surface area is 316 Å². The summed E-state index contributed by atoms with van der Waals surface area (Å²) in [5.41, 5.74) is 16.0. The Kier molecular flexibility index (Phi) is 9.46. The van der Waals surface area contributed by atoms with E-state index in [0.717, 1.165) is 114 Å². The van der Waals surface area contributed by atoms with Gasteiger partial charge in [-0.3, -0.25) is 0 Å². The smallest absolute Gasteiger partial charge is 0.227 e. The molecule has 10 rings (SSSR count). The lowest BCUT2D eigenvalue weighted by atomic mass is 10.1. The van der Waals surface area contributed by atoms with E-state index in [1.54, 1.807) is 0 Å². The number of oxazole rings is 2. The number of benzene rings is 5. The second-order valence-corrected chi connectivity index (χ2v) is 14.1. The first-order valence-electron chi connectivity index (χ1n) is 18.4. The van der Waals surface area contributed by atoms with Crippen LogP contribution in [0, 0.1) is 0 Å². The summed E-state index contributed by atoms with van der Waals surface area (Å²) in [4.78, 5) is 14.2. The summed E-state index contributed by atoms with van der Waals surface area (Å²) in [7, 11) is 0. The molecule has 2 aliphatic heterocycles. The molecule has 0 bridgehead atoms. The van der Waals surface area contributed by atoms with Crippen molar-refractivity contribution in [2.45, 2.75) is 37.8 Å². The SMILES string of the molecule is Clc1cccc(-c2nc3cc(-c4nc5ccccc5o4)ccc3n2C2CCOCC2)c1.Nc1cc(-c2nc3ccccc3o2)ccc1NC1CCOCC1. The average Bonchev–Trinajstić information content (AvgIpc) is 3.95. The molecule has 3 aromatic heterocycles. The number of aromatic nitrogens is 4. The number of nitrogens with two attached hydrogens (primary N) is 1. The summed E-state index contributed by atoms with van der Waals surface area (Å²) in [6.45, 7) is 3.14. The summed E-state index contributed by atoms with van der Waals surface area (Å²) in [5, 5.41) is 4.20. The van der Waals surface area contributed by atoms with Crippen LogP contribution in [-0.2, 0) is 9.47 Å². The highest BCUT2D eigenvalue weighted by molar-refractivity contribution is 6.30. The van der Waals surface area contributed by atoms with Crippen molar-refractivity contribution in [2.24, 2.45) is 0 Å². The zero-order chi connectivity index (χ0) is 36.4. The molecular formula is C43H39ClN6O4. The van der Waals surface area contributed by atoms with Gasteiger partial charge in [0.15, 0.2) is 11.2 Å². The van der Waals surface area contributed by atoms with E-state index in [4.69, 9.17) is 40.6 Å². The molecule has 2 aliphatic rings. The average molecular weight is 739 g/mol. The van der Waals surface area contributed by atoms with Crippen molar-refractivity contribution in [2.75, 3.05) is 37.5 Å². The van der Waals surface area contributed by atoms with Crippen LogP contribution < -0.4 is 11.1 Å². The summed E-state index contributed by atoms with van der Waals surface area (Å²) in [6.07, 6.45) is 3.94. The molecule has 2 fully saturated rings. The fourth-order valence-corrected chi connectivity index (χ4v) is 7.45. The normalized spacial score (nSPS) is 15.4. The molecule has 3 N–H and O–H groups in total. The van der Waals surface area contributed by atoms with Crippen LogP contribution in [0.4, 0.5) is 11.4 Å². The zero-order valence-corrected chi connectivity index (χ0v) is 30.3. The highest BCUT2D eigenvalue weighted by atomic mass is 35.5. The van der Waals surface area contributed by atoms with E-state index < -0.39 is 0 Å². The van der Waals surface area contributed by atoms with Crippen LogP contribution in [0.3, 0.4) is 0 Å². The number of fused-ring (bicyclic) bond motifs is 3. The van der Waals surface area contributed by atoms with Crippen molar-refractivity contribution in [1.29, 1.82) is 0 Å². The quantitative estimate of drug-likeness (QED) is 0.160. The molecule has 0 radical (unpaired) electrons. The lowest BCUT2D eigenvalue weighted by molar-refractivity contribution is 0.0710. The van der Waals surface area contributed by atoms with Crippen LogP contribution in [0.5, 0.6) is 0 Å². The lowest BCUT2D eigenvalue weighted by Crippen LogP contribution is -2.28. The van der Waals surface area contributed by atoms with Crippen molar-refractivity contribution < 1.29 is 18.3 Å². The van der Waals surface area contributed by atoms with E-state index in [1.165, 1.54) is 0 Å². The number of ether oxygens (including phenoxy) is 2. The number of rotatable bonds is 6. The maximum atomic E-state index is 6.30. The fourth-order valence-electron chi connectivity index (χ4n) is 7.26. The number of hydrogen-bond donors (Lipinski definition) is 2. The topological polar surface area (TPSA) is 126 Å². The van der Waals surface area contributed by atoms with Gasteiger partial charge in [0, 0.05) is 60.2 Å². The number of anilines is 2. The first-order chi connectivity index (χ1) is 26.6. The van der Waals surface area contributed by atoms with E-state index in [9.17, 15) is 0 Å². The standard InChI is InChI=1S/C25H20ClN3O2.C18H19N3O2/c26-18-5-3-4-16(14-18)24-27-21-15-17(25-28-20-6-1-2-7-23(20)31-25)8-9-22(21)29(24)19-10-12-30-13-11-19;19-14-11-12(18-21-16-3-1-2-4-17(16)23-18)5-6-15(14)20-13-7-9-22-10-8-13/h1-9,14-15,19H,10-13H2;1-6,11,13,20H,7-10,19H2.